The second-order valence-corrected chi connectivity index (χ2v) is 4.55. The molecule has 0 amide bonds. The average molecular weight is 269 g/mol. The first kappa shape index (κ1) is 12.0. The first-order chi connectivity index (χ1) is 6.99. The second kappa shape index (κ2) is 4.62. The summed E-state index contributed by atoms with van der Waals surface area (Å²) in [6, 6.07) is 7.61. The van der Waals surface area contributed by atoms with Gasteiger partial charge in [0.1, 0.15) is 0 Å². The first-order valence-electron chi connectivity index (χ1n) is 4.60. The van der Waals surface area contributed by atoms with Gasteiger partial charge in [-0.1, -0.05) is 40.2 Å². The van der Waals surface area contributed by atoms with E-state index in [4.69, 9.17) is 5.11 Å². The Balaban J connectivity index is 2.99. The highest BCUT2D eigenvalue weighted by Crippen LogP contribution is 2.28. The number of carboxylic acid groups (broad SMARTS) is 1. The minimum Gasteiger partial charge on any atom is -0.481 e. The van der Waals surface area contributed by atoms with Crippen LogP contribution in [0.15, 0.2) is 41.4 Å². The summed E-state index contributed by atoms with van der Waals surface area (Å²) in [5.41, 5.74) is 0.0615. The van der Waals surface area contributed by atoms with Gasteiger partial charge in [0.05, 0.1) is 5.41 Å². The highest BCUT2D eigenvalue weighted by Gasteiger charge is 2.30. The number of carboxylic acids is 1. The molecule has 0 spiro atoms. The van der Waals surface area contributed by atoms with Crippen molar-refractivity contribution >= 4 is 21.9 Å². The standard InChI is InChI=1S/C12H13BrO2/c1-3-12(2,11(14)15)8-9-6-4-5-7-10(9)13/h3-7H,1,8H2,2H3,(H,14,15). The maximum Gasteiger partial charge on any atom is 0.313 e. The van der Waals surface area contributed by atoms with Crippen molar-refractivity contribution in [2.45, 2.75) is 13.3 Å². The third-order valence-corrected chi connectivity index (χ3v) is 3.23. The molecule has 0 aliphatic carbocycles. The third kappa shape index (κ3) is 2.69. The second-order valence-electron chi connectivity index (χ2n) is 3.69. The molecule has 0 fully saturated rings. The van der Waals surface area contributed by atoms with Crippen LogP contribution in [0, 0.1) is 5.41 Å². The van der Waals surface area contributed by atoms with E-state index >= 15 is 0 Å². The van der Waals surface area contributed by atoms with Crippen molar-refractivity contribution in [1.82, 2.24) is 0 Å². The van der Waals surface area contributed by atoms with Crippen molar-refractivity contribution in [3.63, 3.8) is 0 Å². The summed E-state index contributed by atoms with van der Waals surface area (Å²) in [4.78, 5) is 11.1. The maximum atomic E-state index is 11.1. The Hall–Kier alpha value is -1.09. The van der Waals surface area contributed by atoms with Gasteiger partial charge in [-0.15, -0.1) is 6.58 Å². The van der Waals surface area contributed by atoms with Crippen LogP contribution in [-0.2, 0) is 11.2 Å². The summed E-state index contributed by atoms with van der Waals surface area (Å²) in [6.07, 6.45) is 1.92. The van der Waals surface area contributed by atoms with Crippen LogP contribution in [0.1, 0.15) is 12.5 Å². The van der Waals surface area contributed by atoms with Gasteiger partial charge in [0, 0.05) is 4.47 Å². The van der Waals surface area contributed by atoms with Crippen LogP contribution < -0.4 is 0 Å². The van der Waals surface area contributed by atoms with Gasteiger partial charge >= 0.3 is 5.97 Å². The van der Waals surface area contributed by atoms with Gasteiger partial charge in [0.15, 0.2) is 0 Å². The lowest BCUT2D eigenvalue weighted by molar-refractivity contribution is -0.145. The lowest BCUT2D eigenvalue weighted by atomic mass is 9.84. The number of benzene rings is 1. The molecule has 3 heteroatoms. The predicted octanol–water partition coefficient (Wildman–Crippen LogP) is 3.27. The summed E-state index contributed by atoms with van der Waals surface area (Å²) in [7, 11) is 0. The van der Waals surface area contributed by atoms with Crippen molar-refractivity contribution < 1.29 is 9.90 Å². The Bertz CT molecular complexity index is 387. The van der Waals surface area contributed by atoms with Gasteiger partial charge in [-0.3, -0.25) is 4.79 Å². The molecule has 0 aliphatic rings. The molecule has 0 aliphatic heterocycles. The smallest absolute Gasteiger partial charge is 0.313 e. The molecule has 0 bridgehead atoms. The maximum absolute atomic E-state index is 11.1. The van der Waals surface area contributed by atoms with Gasteiger partial charge in [-0.2, -0.15) is 0 Å². The normalized spacial score (nSPS) is 14.3. The van der Waals surface area contributed by atoms with E-state index in [-0.39, 0.29) is 0 Å². The van der Waals surface area contributed by atoms with E-state index in [1.807, 2.05) is 24.3 Å². The quantitative estimate of drug-likeness (QED) is 0.852. The predicted molar refractivity (Wildman–Crippen MR) is 63.8 cm³/mol. The van der Waals surface area contributed by atoms with E-state index < -0.39 is 11.4 Å². The molecule has 0 heterocycles. The molecule has 1 rings (SSSR count). The summed E-state index contributed by atoms with van der Waals surface area (Å²) < 4.78 is 0.930. The zero-order valence-corrected chi connectivity index (χ0v) is 10.1. The average Bonchev–Trinajstić information content (AvgIpc) is 2.21. The van der Waals surface area contributed by atoms with Gasteiger partial charge in [-0.05, 0) is 25.0 Å². The molecule has 1 unspecified atom stereocenters. The highest BCUT2D eigenvalue weighted by atomic mass is 79.9. The van der Waals surface area contributed by atoms with E-state index in [9.17, 15) is 4.79 Å². The molecule has 1 aromatic carbocycles. The van der Waals surface area contributed by atoms with Crippen molar-refractivity contribution in [1.29, 1.82) is 0 Å². The van der Waals surface area contributed by atoms with Crippen molar-refractivity contribution in [2.75, 3.05) is 0 Å². The minimum atomic E-state index is -0.913. The van der Waals surface area contributed by atoms with Crippen LogP contribution >= 0.6 is 15.9 Å². The number of aliphatic carboxylic acids is 1. The van der Waals surface area contributed by atoms with Crippen molar-refractivity contribution in [3.05, 3.63) is 47.0 Å². The minimum absolute atomic E-state index is 0.438. The largest absolute Gasteiger partial charge is 0.481 e. The Morgan fingerprint density at radius 1 is 1.60 bits per heavy atom. The molecule has 2 nitrogen and oxygen atoms in total. The fraction of sp³-hybridized carbons (Fsp3) is 0.250. The van der Waals surface area contributed by atoms with Gasteiger partial charge < -0.3 is 5.11 Å². The molecule has 0 radical (unpaired) electrons. The van der Waals surface area contributed by atoms with Crippen LogP contribution in [0.3, 0.4) is 0 Å². The summed E-state index contributed by atoms with van der Waals surface area (Å²) in [6.45, 7) is 5.25. The fourth-order valence-corrected chi connectivity index (χ4v) is 1.70. The van der Waals surface area contributed by atoms with Crippen molar-refractivity contribution in [2.24, 2.45) is 5.41 Å². The summed E-state index contributed by atoms with van der Waals surface area (Å²) in [5, 5.41) is 9.10. The van der Waals surface area contributed by atoms with Crippen LogP contribution in [0.2, 0.25) is 0 Å². The van der Waals surface area contributed by atoms with Gasteiger partial charge in [0.25, 0.3) is 0 Å². The van der Waals surface area contributed by atoms with Crippen LogP contribution in [0.25, 0.3) is 0 Å². The van der Waals surface area contributed by atoms with Crippen LogP contribution in [0.5, 0.6) is 0 Å². The molecule has 0 aromatic heterocycles. The number of hydrogen-bond donors (Lipinski definition) is 1. The Kier molecular flexibility index (Phi) is 3.69. The Labute approximate surface area is 97.8 Å². The zero-order chi connectivity index (χ0) is 11.5. The van der Waals surface area contributed by atoms with Crippen LogP contribution in [0.4, 0.5) is 0 Å². The SMILES string of the molecule is C=CC(C)(Cc1ccccc1Br)C(=O)O. The lowest BCUT2D eigenvalue weighted by Gasteiger charge is -2.20. The number of halogens is 1. The summed E-state index contributed by atoms with van der Waals surface area (Å²) in [5.74, 6) is -0.853. The van der Waals surface area contributed by atoms with E-state index in [1.54, 1.807) is 6.92 Å². The first-order valence-corrected chi connectivity index (χ1v) is 5.39. The summed E-state index contributed by atoms with van der Waals surface area (Å²) >= 11 is 3.40. The zero-order valence-electron chi connectivity index (χ0n) is 8.53. The van der Waals surface area contributed by atoms with Gasteiger partial charge in [0.2, 0.25) is 0 Å². The number of carbonyl (C=O) groups is 1. The molecule has 0 saturated heterocycles. The van der Waals surface area contributed by atoms with E-state index in [0.717, 1.165) is 10.0 Å². The fourth-order valence-electron chi connectivity index (χ4n) is 1.27. The Morgan fingerprint density at radius 2 is 2.20 bits per heavy atom. The molecular weight excluding hydrogens is 256 g/mol. The molecule has 15 heavy (non-hydrogen) atoms. The topological polar surface area (TPSA) is 37.3 Å². The number of rotatable bonds is 4. The molecule has 1 atom stereocenters. The molecule has 1 aromatic rings. The third-order valence-electron chi connectivity index (χ3n) is 2.45. The van der Waals surface area contributed by atoms with E-state index in [0.29, 0.717) is 6.42 Å². The molecule has 1 N–H and O–H groups in total. The monoisotopic (exact) mass is 268 g/mol. The highest BCUT2D eigenvalue weighted by molar-refractivity contribution is 9.10. The molecule has 80 valence electrons. The van der Waals surface area contributed by atoms with E-state index in [1.165, 1.54) is 6.08 Å². The lowest BCUT2D eigenvalue weighted by Crippen LogP contribution is -2.27. The van der Waals surface area contributed by atoms with Gasteiger partial charge in [-0.25, -0.2) is 0 Å². The van der Waals surface area contributed by atoms with Crippen molar-refractivity contribution in [3.8, 4) is 0 Å². The van der Waals surface area contributed by atoms with E-state index in [2.05, 4.69) is 22.5 Å². The Morgan fingerprint density at radius 3 is 2.67 bits per heavy atom. The van der Waals surface area contributed by atoms with Crippen LogP contribution in [-0.4, -0.2) is 11.1 Å². The molecule has 0 saturated carbocycles. The molecular formula is C12H13BrO2. The number of hydrogen-bond acceptors (Lipinski definition) is 1.